The first-order chi connectivity index (χ1) is 9.35. The smallest absolute Gasteiger partial charge is 0.0276 e. The second-order valence-electron chi connectivity index (χ2n) is 6.97. The van der Waals surface area contributed by atoms with E-state index in [9.17, 15) is 0 Å². The lowest BCUT2D eigenvalue weighted by Crippen LogP contribution is -2.48. The zero-order chi connectivity index (χ0) is 12.8. The van der Waals surface area contributed by atoms with E-state index >= 15 is 0 Å². The topological polar surface area (TPSA) is 38.0 Å². The number of fused-ring (bicyclic) bond motifs is 3. The van der Waals surface area contributed by atoms with Crippen molar-refractivity contribution in [1.29, 1.82) is 0 Å². The van der Waals surface area contributed by atoms with Gasteiger partial charge in [0.05, 0.1) is 0 Å². The van der Waals surface area contributed by atoms with Gasteiger partial charge in [-0.3, -0.25) is 11.3 Å². The van der Waals surface area contributed by atoms with Crippen LogP contribution in [0.15, 0.2) is 24.3 Å². The molecule has 0 amide bonds. The minimum Gasteiger partial charge on any atom is -0.271 e. The highest BCUT2D eigenvalue weighted by Gasteiger charge is 2.45. The molecule has 3 N–H and O–H groups in total. The third kappa shape index (κ3) is 1.93. The molecule has 2 nitrogen and oxygen atoms in total. The van der Waals surface area contributed by atoms with Crippen LogP contribution in [0.4, 0.5) is 0 Å². The summed E-state index contributed by atoms with van der Waals surface area (Å²) >= 11 is 0. The first-order valence-electron chi connectivity index (χ1n) is 7.88. The molecule has 3 aliphatic rings. The van der Waals surface area contributed by atoms with Gasteiger partial charge < -0.3 is 0 Å². The molecule has 1 aromatic carbocycles. The van der Waals surface area contributed by atoms with Gasteiger partial charge in [-0.15, -0.1) is 0 Å². The first-order valence-corrected chi connectivity index (χ1v) is 7.88. The van der Waals surface area contributed by atoms with E-state index in [4.69, 9.17) is 5.84 Å². The lowest BCUT2D eigenvalue weighted by atomic mass is 9.77. The predicted octanol–water partition coefficient (Wildman–Crippen LogP) is 2.67. The van der Waals surface area contributed by atoms with Crippen molar-refractivity contribution in [2.75, 3.05) is 0 Å². The van der Waals surface area contributed by atoms with Gasteiger partial charge >= 0.3 is 0 Å². The van der Waals surface area contributed by atoms with E-state index in [1.54, 1.807) is 11.1 Å². The molecule has 0 aromatic heterocycles. The van der Waals surface area contributed by atoms with Crippen LogP contribution in [0.1, 0.15) is 36.8 Å². The van der Waals surface area contributed by atoms with E-state index in [0.29, 0.717) is 12.0 Å². The number of benzene rings is 1. The lowest BCUT2D eigenvalue weighted by molar-refractivity contribution is 0.194. The van der Waals surface area contributed by atoms with Gasteiger partial charge in [0, 0.05) is 6.04 Å². The molecule has 3 aliphatic carbocycles. The van der Waals surface area contributed by atoms with Gasteiger partial charge in [-0.05, 0) is 66.9 Å². The Balaban J connectivity index is 1.52. The number of nitrogens with one attached hydrogen (secondary N) is 1. The maximum absolute atomic E-state index is 5.95. The number of hydrogen-bond acceptors (Lipinski definition) is 2. The molecule has 1 aromatic rings. The molecule has 4 unspecified atom stereocenters. The maximum atomic E-state index is 5.95. The van der Waals surface area contributed by atoms with Crippen molar-refractivity contribution in [3.63, 3.8) is 0 Å². The third-order valence-corrected chi connectivity index (χ3v) is 6.04. The van der Waals surface area contributed by atoms with Crippen molar-refractivity contribution in [3.8, 4) is 0 Å². The fraction of sp³-hybridized carbons (Fsp3) is 0.647. The fourth-order valence-electron chi connectivity index (χ4n) is 5.19. The van der Waals surface area contributed by atoms with Crippen LogP contribution in [-0.4, -0.2) is 6.04 Å². The summed E-state index contributed by atoms with van der Waals surface area (Å²) in [5.41, 5.74) is 6.31. The zero-order valence-electron chi connectivity index (χ0n) is 11.5. The zero-order valence-corrected chi connectivity index (χ0v) is 11.5. The summed E-state index contributed by atoms with van der Waals surface area (Å²) in [6, 6.07) is 9.46. The molecule has 19 heavy (non-hydrogen) atoms. The van der Waals surface area contributed by atoms with E-state index in [0.717, 1.165) is 17.8 Å². The third-order valence-electron chi connectivity index (χ3n) is 6.04. The molecule has 102 valence electrons. The Morgan fingerprint density at radius 3 is 2.32 bits per heavy atom. The summed E-state index contributed by atoms with van der Waals surface area (Å²) < 4.78 is 0. The van der Waals surface area contributed by atoms with E-state index in [-0.39, 0.29) is 0 Å². The summed E-state index contributed by atoms with van der Waals surface area (Å²) in [4.78, 5) is 0. The number of nitrogens with two attached hydrogens (primary N) is 1. The van der Waals surface area contributed by atoms with Crippen LogP contribution in [0, 0.1) is 23.7 Å². The van der Waals surface area contributed by atoms with Crippen LogP contribution in [0.2, 0.25) is 0 Å². The molecule has 4 rings (SSSR count). The average molecular weight is 256 g/mol. The number of hydrazine groups is 1. The highest BCUT2D eigenvalue weighted by atomic mass is 15.2. The van der Waals surface area contributed by atoms with Gasteiger partial charge in [0.15, 0.2) is 0 Å². The quantitative estimate of drug-likeness (QED) is 0.644. The van der Waals surface area contributed by atoms with Crippen molar-refractivity contribution in [3.05, 3.63) is 35.4 Å². The van der Waals surface area contributed by atoms with Crippen LogP contribution < -0.4 is 11.3 Å². The summed E-state index contributed by atoms with van der Waals surface area (Å²) in [5.74, 6) is 9.46. The van der Waals surface area contributed by atoms with Gasteiger partial charge in [-0.1, -0.05) is 30.7 Å². The Hall–Kier alpha value is -0.860. The SMILES string of the molecule is NNC(C1Cc2ccccc2C1)C1CC2CCC1C2. The Morgan fingerprint density at radius 1 is 1.05 bits per heavy atom. The minimum absolute atomic E-state index is 0.530. The Kier molecular flexibility index (Phi) is 2.89. The van der Waals surface area contributed by atoms with Crippen LogP contribution >= 0.6 is 0 Å². The van der Waals surface area contributed by atoms with Crippen LogP contribution in [0.5, 0.6) is 0 Å². The molecule has 2 bridgehead atoms. The highest BCUT2D eigenvalue weighted by Crippen LogP contribution is 2.51. The van der Waals surface area contributed by atoms with Crippen LogP contribution in [0.25, 0.3) is 0 Å². The highest BCUT2D eigenvalue weighted by molar-refractivity contribution is 5.32. The minimum atomic E-state index is 0.530. The molecule has 2 heteroatoms. The van der Waals surface area contributed by atoms with Gasteiger partial charge in [-0.2, -0.15) is 0 Å². The normalized spacial score (nSPS) is 34.7. The average Bonchev–Trinajstić information content (AvgIpc) is 3.13. The predicted molar refractivity (Wildman–Crippen MR) is 77.4 cm³/mol. The van der Waals surface area contributed by atoms with Crippen molar-refractivity contribution in [2.45, 2.75) is 44.6 Å². The first kappa shape index (κ1) is 11.9. The number of hydrogen-bond donors (Lipinski definition) is 2. The monoisotopic (exact) mass is 256 g/mol. The molecule has 2 saturated carbocycles. The van der Waals surface area contributed by atoms with Gasteiger partial charge in [-0.25, -0.2) is 0 Å². The van der Waals surface area contributed by atoms with Gasteiger partial charge in [0.2, 0.25) is 0 Å². The largest absolute Gasteiger partial charge is 0.271 e. The van der Waals surface area contributed by atoms with E-state index in [1.807, 2.05) is 0 Å². The molecule has 4 atom stereocenters. The van der Waals surface area contributed by atoms with Crippen LogP contribution in [-0.2, 0) is 12.8 Å². The van der Waals surface area contributed by atoms with Gasteiger partial charge in [0.25, 0.3) is 0 Å². The summed E-state index contributed by atoms with van der Waals surface area (Å²) in [6.45, 7) is 0. The van der Waals surface area contributed by atoms with E-state index < -0.39 is 0 Å². The Bertz CT molecular complexity index is 445. The fourth-order valence-corrected chi connectivity index (χ4v) is 5.19. The van der Waals surface area contributed by atoms with Crippen molar-refractivity contribution in [1.82, 2.24) is 5.43 Å². The molecule has 2 fully saturated rings. The number of rotatable bonds is 3. The molecule has 0 heterocycles. The standard InChI is InChI=1S/C17H24N2/c18-19-17(16-8-11-5-6-14(16)7-11)15-9-12-3-1-2-4-13(12)10-15/h1-4,11,14-17,19H,5-10,18H2. The van der Waals surface area contributed by atoms with E-state index in [2.05, 4.69) is 29.7 Å². The van der Waals surface area contributed by atoms with E-state index in [1.165, 1.54) is 38.5 Å². The van der Waals surface area contributed by atoms with Crippen molar-refractivity contribution >= 4 is 0 Å². The maximum Gasteiger partial charge on any atom is 0.0276 e. The van der Waals surface area contributed by atoms with Crippen molar-refractivity contribution < 1.29 is 0 Å². The molecular formula is C17H24N2. The summed E-state index contributed by atoms with van der Waals surface area (Å²) in [5, 5.41) is 0. The Morgan fingerprint density at radius 2 is 1.79 bits per heavy atom. The Labute approximate surface area is 115 Å². The summed E-state index contributed by atoms with van der Waals surface area (Å²) in [7, 11) is 0. The second kappa shape index (κ2) is 4.60. The second-order valence-corrected chi connectivity index (χ2v) is 6.97. The lowest BCUT2D eigenvalue weighted by Gasteiger charge is -2.34. The van der Waals surface area contributed by atoms with Gasteiger partial charge in [0.1, 0.15) is 0 Å². The van der Waals surface area contributed by atoms with Crippen molar-refractivity contribution in [2.24, 2.45) is 29.5 Å². The molecule has 0 saturated heterocycles. The van der Waals surface area contributed by atoms with Crippen LogP contribution in [0.3, 0.4) is 0 Å². The molecular weight excluding hydrogens is 232 g/mol. The molecule has 0 spiro atoms. The molecule has 0 radical (unpaired) electrons. The summed E-state index contributed by atoms with van der Waals surface area (Å²) in [6.07, 6.45) is 8.27. The molecule has 0 aliphatic heterocycles.